The van der Waals surface area contributed by atoms with Gasteiger partial charge in [0.15, 0.2) is 0 Å². The van der Waals surface area contributed by atoms with Gasteiger partial charge in [-0.3, -0.25) is 9.78 Å². The van der Waals surface area contributed by atoms with Gasteiger partial charge < -0.3 is 10.6 Å². The van der Waals surface area contributed by atoms with Crippen LogP contribution in [0.25, 0.3) is 0 Å². The summed E-state index contributed by atoms with van der Waals surface area (Å²) < 4.78 is 0.707. The summed E-state index contributed by atoms with van der Waals surface area (Å²) in [5.41, 5.74) is 0.293. The highest BCUT2D eigenvalue weighted by Crippen LogP contribution is 2.21. The molecule has 0 aliphatic heterocycles. The van der Waals surface area contributed by atoms with E-state index in [-0.39, 0.29) is 5.91 Å². The predicted octanol–water partition coefficient (Wildman–Crippen LogP) is 2.55. The number of hydrogen-bond donors (Lipinski definition) is 2. The Morgan fingerprint density at radius 1 is 1.42 bits per heavy atom. The van der Waals surface area contributed by atoms with Crippen molar-refractivity contribution in [3.8, 4) is 0 Å². The first-order chi connectivity index (χ1) is 9.19. The van der Waals surface area contributed by atoms with Crippen LogP contribution in [0, 0.1) is 0 Å². The summed E-state index contributed by atoms with van der Waals surface area (Å²) in [5.74, 6) is 0.339. The predicted molar refractivity (Wildman–Crippen MR) is 76.7 cm³/mol. The van der Waals surface area contributed by atoms with Gasteiger partial charge in [0.2, 0.25) is 0 Å². The number of thiophene rings is 1. The highest BCUT2D eigenvalue weighted by molar-refractivity contribution is 7.16. The number of rotatable bonds is 5. The van der Waals surface area contributed by atoms with Gasteiger partial charge in [-0.2, -0.15) is 0 Å². The summed E-state index contributed by atoms with van der Waals surface area (Å²) in [6.07, 6.45) is 3.02. The number of aromatic nitrogens is 2. The van der Waals surface area contributed by atoms with Crippen molar-refractivity contribution in [1.29, 1.82) is 0 Å². The molecule has 0 saturated carbocycles. The number of hydrogen-bond acceptors (Lipinski definition) is 5. The van der Waals surface area contributed by atoms with Crippen molar-refractivity contribution in [3.05, 3.63) is 39.4 Å². The zero-order valence-corrected chi connectivity index (χ0v) is 11.9. The van der Waals surface area contributed by atoms with Gasteiger partial charge in [0.05, 0.1) is 23.3 Å². The second-order valence-corrected chi connectivity index (χ2v) is 5.51. The number of amides is 1. The zero-order chi connectivity index (χ0) is 13.7. The normalized spacial score (nSPS) is 10.2. The molecule has 0 aromatic carbocycles. The van der Waals surface area contributed by atoms with Crippen LogP contribution in [-0.4, -0.2) is 22.4 Å². The minimum absolute atomic E-state index is 0.253. The van der Waals surface area contributed by atoms with Crippen LogP contribution in [0.4, 0.5) is 5.82 Å². The third-order valence-corrected chi connectivity index (χ3v) is 3.51. The maximum atomic E-state index is 11.9. The molecular formula is C12H13ClN4OS. The van der Waals surface area contributed by atoms with Crippen LogP contribution in [0.3, 0.4) is 0 Å². The summed E-state index contributed by atoms with van der Waals surface area (Å²) in [5, 5.41) is 5.79. The van der Waals surface area contributed by atoms with Crippen LogP contribution >= 0.6 is 22.9 Å². The largest absolute Gasteiger partial charge is 0.369 e. The molecule has 2 N–H and O–H groups in total. The third kappa shape index (κ3) is 3.90. The van der Waals surface area contributed by atoms with Crippen LogP contribution in [0.15, 0.2) is 24.5 Å². The minimum Gasteiger partial charge on any atom is -0.369 e. The Labute approximate surface area is 120 Å². The number of carbonyl (C=O) groups excluding carboxylic acids is 1. The van der Waals surface area contributed by atoms with Crippen molar-refractivity contribution in [1.82, 2.24) is 15.3 Å². The Morgan fingerprint density at radius 2 is 2.26 bits per heavy atom. The summed E-state index contributed by atoms with van der Waals surface area (Å²) in [4.78, 5) is 21.1. The fourth-order valence-corrected chi connectivity index (χ4v) is 2.47. The lowest BCUT2D eigenvalue weighted by Gasteiger charge is -2.05. The van der Waals surface area contributed by atoms with E-state index in [1.165, 1.54) is 17.5 Å². The van der Waals surface area contributed by atoms with Crippen LogP contribution in [0.2, 0.25) is 4.34 Å². The van der Waals surface area contributed by atoms with E-state index in [0.29, 0.717) is 22.4 Å². The Bertz CT molecular complexity index is 572. The number of nitrogens with zero attached hydrogens (tertiary/aromatic N) is 2. The van der Waals surface area contributed by atoms with Gasteiger partial charge in [0.25, 0.3) is 5.91 Å². The maximum absolute atomic E-state index is 11.9. The van der Waals surface area contributed by atoms with E-state index in [4.69, 9.17) is 11.6 Å². The first-order valence-electron chi connectivity index (χ1n) is 5.77. The fourth-order valence-electron chi connectivity index (χ4n) is 1.45. The molecule has 0 atom stereocenters. The molecular weight excluding hydrogens is 284 g/mol. The smallest absolute Gasteiger partial charge is 0.271 e. The Hall–Kier alpha value is -1.66. The minimum atomic E-state index is -0.253. The van der Waals surface area contributed by atoms with Crippen molar-refractivity contribution in [2.24, 2.45) is 0 Å². The van der Waals surface area contributed by atoms with Gasteiger partial charge in [-0.15, -0.1) is 11.3 Å². The first kappa shape index (κ1) is 13.8. The molecule has 100 valence electrons. The number of carbonyl (C=O) groups is 1. The molecule has 0 saturated heterocycles. The summed E-state index contributed by atoms with van der Waals surface area (Å²) in [7, 11) is 0. The number of halogens is 1. The quantitative estimate of drug-likeness (QED) is 0.890. The molecule has 19 heavy (non-hydrogen) atoms. The van der Waals surface area contributed by atoms with E-state index in [1.807, 2.05) is 13.0 Å². The Balaban J connectivity index is 1.97. The fraction of sp³-hybridized carbons (Fsp3) is 0.250. The number of nitrogens with one attached hydrogen (secondary N) is 2. The molecule has 0 radical (unpaired) electrons. The highest BCUT2D eigenvalue weighted by Gasteiger charge is 2.09. The summed E-state index contributed by atoms with van der Waals surface area (Å²) in [6, 6.07) is 3.69. The molecule has 2 heterocycles. The molecule has 7 heteroatoms. The van der Waals surface area contributed by atoms with Crippen molar-refractivity contribution >= 4 is 34.7 Å². The third-order valence-electron chi connectivity index (χ3n) is 2.28. The van der Waals surface area contributed by atoms with Gasteiger partial charge in [-0.1, -0.05) is 11.6 Å². The average molecular weight is 297 g/mol. The SMILES string of the molecule is CCNc1cncc(C(=O)NCc2ccc(Cl)s2)n1. The lowest BCUT2D eigenvalue weighted by molar-refractivity contribution is 0.0946. The van der Waals surface area contributed by atoms with Gasteiger partial charge in [-0.25, -0.2) is 4.98 Å². The average Bonchev–Trinajstić information content (AvgIpc) is 2.82. The molecule has 1 amide bonds. The van der Waals surface area contributed by atoms with Crippen molar-refractivity contribution in [3.63, 3.8) is 0 Å². The summed E-state index contributed by atoms with van der Waals surface area (Å²) in [6.45, 7) is 3.12. The molecule has 0 unspecified atom stereocenters. The van der Waals surface area contributed by atoms with Crippen molar-refractivity contribution in [2.75, 3.05) is 11.9 Å². The molecule has 0 aliphatic rings. The van der Waals surface area contributed by atoms with E-state index in [2.05, 4.69) is 20.6 Å². The molecule has 0 spiro atoms. The van der Waals surface area contributed by atoms with E-state index in [0.717, 1.165) is 11.4 Å². The molecule has 2 rings (SSSR count). The van der Waals surface area contributed by atoms with E-state index in [1.54, 1.807) is 12.3 Å². The molecule has 5 nitrogen and oxygen atoms in total. The van der Waals surface area contributed by atoms with Crippen molar-refractivity contribution in [2.45, 2.75) is 13.5 Å². The van der Waals surface area contributed by atoms with Gasteiger partial charge >= 0.3 is 0 Å². The monoisotopic (exact) mass is 296 g/mol. The number of anilines is 1. The second kappa shape index (κ2) is 6.49. The van der Waals surface area contributed by atoms with Crippen LogP contribution in [0.5, 0.6) is 0 Å². The zero-order valence-electron chi connectivity index (χ0n) is 10.3. The van der Waals surface area contributed by atoms with E-state index < -0.39 is 0 Å². The Morgan fingerprint density at radius 3 is 2.95 bits per heavy atom. The topological polar surface area (TPSA) is 66.9 Å². The molecule has 2 aromatic heterocycles. The van der Waals surface area contributed by atoms with E-state index in [9.17, 15) is 4.79 Å². The molecule has 0 aliphatic carbocycles. The van der Waals surface area contributed by atoms with Crippen LogP contribution in [0.1, 0.15) is 22.3 Å². The lowest BCUT2D eigenvalue weighted by Crippen LogP contribution is -2.23. The second-order valence-electron chi connectivity index (χ2n) is 3.71. The summed E-state index contributed by atoms with van der Waals surface area (Å²) >= 11 is 7.26. The van der Waals surface area contributed by atoms with Gasteiger partial charge in [-0.05, 0) is 19.1 Å². The van der Waals surface area contributed by atoms with Gasteiger partial charge in [0, 0.05) is 11.4 Å². The highest BCUT2D eigenvalue weighted by atomic mass is 35.5. The maximum Gasteiger partial charge on any atom is 0.271 e. The molecule has 0 fully saturated rings. The molecule has 0 bridgehead atoms. The molecule has 2 aromatic rings. The van der Waals surface area contributed by atoms with Crippen LogP contribution in [-0.2, 0) is 6.54 Å². The van der Waals surface area contributed by atoms with E-state index >= 15 is 0 Å². The van der Waals surface area contributed by atoms with Crippen molar-refractivity contribution < 1.29 is 4.79 Å². The van der Waals surface area contributed by atoms with Gasteiger partial charge in [0.1, 0.15) is 11.5 Å². The van der Waals surface area contributed by atoms with Crippen LogP contribution < -0.4 is 10.6 Å². The first-order valence-corrected chi connectivity index (χ1v) is 6.97. The Kier molecular flexibility index (Phi) is 4.70. The lowest BCUT2D eigenvalue weighted by atomic mass is 10.4. The standard InChI is InChI=1S/C12H13ClN4OS/c1-2-15-11-7-14-6-9(17-11)12(18)16-5-8-3-4-10(13)19-8/h3-4,6-7H,2,5H2,1H3,(H,15,17)(H,16,18).